The second-order valence-corrected chi connectivity index (χ2v) is 8.00. The molecular formula is C24H24N4O3. The summed E-state index contributed by atoms with van der Waals surface area (Å²) in [6.45, 7) is 2.63. The van der Waals surface area contributed by atoms with Crippen LogP contribution in [0.5, 0.6) is 0 Å². The van der Waals surface area contributed by atoms with Gasteiger partial charge in [-0.25, -0.2) is 9.78 Å². The smallest absolute Gasteiger partial charge is 0.330 e. The van der Waals surface area contributed by atoms with Crippen molar-refractivity contribution in [3.8, 4) is 11.3 Å². The van der Waals surface area contributed by atoms with Gasteiger partial charge in [0.2, 0.25) is 0 Å². The van der Waals surface area contributed by atoms with Crippen molar-refractivity contribution in [3.05, 3.63) is 64.1 Å². The first kappa shape index (κ1) is 19.5. The fourth-order valence-corrected chi connectivity index (χ4v) is 4.50. The van der Waals surface area contributed by atoms with Gasteiger partial charge in [-0.3, -0.25) is 4.79 Å². The lowest BCUT2D eigenvalue weighted by atomic mass is 10.1. The minimum atomic E-state index is -0.550. The first-order chi connectivity index (χ1) is 15.1. The number of benzene rings is 2. The molecule has 7 nitrogen and oxygen atoms in total. The molecule has 158 valence electrons. The molecule has 0 atom stereocenters. The molecule has 0 unspecified atom stereocenters. The summed E-state index contributed by atoms with van der Waals surface area (Å²) in [5.41, 5.74) is 10.9. The van der Waals surface area contributed by atoms with Gasteiger partial charge >= 0.3 is 11.5 Å². The van der Waals surface area contributed by atoms with Gasteiger partial charge in [0.25, 0.3) is 0 Å². The molecule has 0 fully saturated rings. The van der Waals surface area contributed by atoms with Crippen LogP contribution in [0.2, 0.25) is 0 Å². The van der Waals surface area contributed by atoms with Crippen molar-refractivity contribution in [2.24, 2.45) is 5.73 Å². The fourth-order valence-electron chi connectivity index (χ4n) is 4.50. The molecule has 2 aromatic heterocycles. The Kier molecular flexibility index (Phi) is 4.82. The predicted octanol–water partition coefficient (Wildman–Crippen LogP) is 2.83. The zero-order valence-electron chi connectivity index (χ0n) is 17.4. The van der Waals surface area contributed by atoms with Gasteiger partial charge in [0.15, 0.2) is 0 Å². The van der Waals surface area contributed by atoms with Crippen LogP contribution < -0.4 is 16.1 Å². The second kappa shape index (κ2) is 7.67. The second-order valence-electron chi connectivity index (χ2n) is 8.00. The number of hydrogen-bond acceptors (Lipinski definition) is 5. The molecule has 2 heterocycles. The summed E-state index contributed by atoms with van der Waals surface area (Å²) in [6.07, 6.45) is 5.79. The summed E-state index contributed by atoms with van der Waals surface area (Å²) in [5.74, 6) is -0.550. The van der Waals surface area contributed by atoms with Gasteiger partial charge in [0, 0.05) is 36.1 Å². The molecule has 4 aromatic rings. The highest BCUT2D eigenvalue weighted by Gasteiger charge is 2.21. The van der Waals surface area contributed by atoms with Crippen molar-refractivity contribution in [2.75, 3.05) is 6.54 Å². The minimum absolute atomic E-state index is 0.273. The number of carbonyl (C=O) groups excluding carboxylic acids is 1. The number of nitrogens with two attached hydrogens (primary N) is 1. The number of nitrogens with zero attached hydrogens (tertiary/aromatic N) is 3. The SMILES string of the molecule is CC(=O)On1c(=O)c(-c2cn(CCCN)c3ccccc23)nc2cc3c(cc21)CCC3. The third kappa shape index (κ3) is 3.31. The molecule has 2 aromatic carbocycles. The molecule has 0 amide bonds. The van der Waals surface area contributed by atoms with Crippen molar-refractivity contribution in [1.29, 1.82) is 0 Å². The molecule has 0 saturated carbocycles. The number of rotatable bonds is 5. The van der Waals surface area contributed by atoms with E-state index in [1.54, 1.807) is 0 Å². The van der Waals surface area contributed by atoms with Crippen molar-refractivity contribution in [2.45, 2.75) is 39.2 Å². The van der Waals surface area contributed by atoms with Gasteiger partial charge in [0.1, 0.15) is 11.2 Å². The Morgan fingerprint density at radius 2 is 1.94 bits per heavy atom. The molecule has 5 rings (SSSR count). The molecular weight excluding hydrogens is 392 g/mol. The standard InChI is InChI=1S/C24H24N4O3/c1-15(29)31-28-22-13-17-7-4-6-16(17)12-20(22)26-23(24(28)30)19-14-27(11-5-10-25)21-9-3-2-8-18(19)21/h2-3,8-9,12-14H,4-7,10-11,25H2,1H3. The van der Waals surface area contributed by atoms with Crippen molar-refractivity contribution < 1.29 is 9.63 Å². The third-order valence-corrected chi connectivity index (χ3v) is 5.89. The van der Waals surface area contributed by atoms with Gasteiger partial charge in [-0.1, -0.05) is 18.2 Å². The van der Waals surface area contributed by atoms with Gasteiger partial charge in [-0.15, -0.1) is 4.73 Å². The number of fused-ring (bicyclic) bond motifs is 3. The maximum Gasteiger partial charge on any atom is 0.330 e. The highest BCUT2D eigenvalue weighted by atomic mass is 16.7. The number of hydrogen-bond donors (Lipinski definition) is 1. The molecule has 0 aliphatic heterocycles. The van der Waals surface area contributed by atoms with E-state index in [1.165, 1.54) is 18.1 Å². The molecule has 1 aliphatic rings. The highest BCUT2D eigenvalue weighted by Crippen LogP contribution is 2.31. The average Bonchev–Trinajstić information content (AvgIpc) is 3.37. The Bertz CT molecular complexity index is 1380. The summed E-state index contributed by atoms with van der Waals surface area (Å²) in [6, 6.07) is 11.9. The highest BCUT2D eigenvalue weighted by molar-refractivity contribution is 5.96. The van der Waals surface area contributed by atoms with Crippen LogP contribution in [-0.2, 0) is 24.2 Å². The zero-order valence-corrected chi connectivity index (χ0v) is 17.4. The van der Waals surface area contributed by atoms with Crippen LogP contribution in [0.15, 0.2) is 47.4 Å². The van der Waals surface area contributed by atoms with Gasteiger partial charge in [0.05, 0.1) is 5.52 Å². The Hall–Kier alpha value is -3.45. The van der Waals surface area contributed by atoms with Crippen LogP contribution in [0, 0.1) is 0 Å². The molecule has 31 heavy (non-hydrogen) atoms. The fraction of sp³-hybridized carbons (Fsp3) is 0.292. The minimum Gasteiger partial charge on any atom is -0.347 e. The topological polar surface area (TPSA) is 92.1 Å². The quantitative estimate of drug-likeness (QED) is 0.540. The van der Waals surface area contributed by atoms with E-state index in [0.717, 1.165) is 53.4 Å². The Labute approximate surface area is 179 Å². The Balaban J connectivity index is 1.79. The molecule has 7 heteroatoms. The number of para-hydroxylation sites is 1. The van der Waals surface area contributed by atoms with E-state index in [9.17, 15) is 9.59 Å². The maximum absolute atomic E-state index is 13.5. The van der Waals surface area contributed by atoms with E-state index in [4.69, 9.17) is 15.6 Å². The monoisotopic (exact) mass is 416 g/mol. The summed E-state index contributed by atoms with van der Waals surface area (Å²) < 4.78 is 3.20. The molecule has 0 bridgehead atoms. The summed E-state index contributed by atoms with van der Waals surface area (Å²) in [7, 11) is 0. The molecule has 1 aliphatic carbocycles. The zero-order chi connectivity index (χ0) is 21.5. The number of aryl methyl sites for hydroxylation is 3. The first-order valence-corrected chi connectivity index (χ1v) is 10.6. The predicted molar refractivity (Wildman–Crippen MR) is 120 cm³/mol. The van der Waals surface area contributed by atoms with Gasteiger partial charge in [-0.05, 0) is 61.6 Å². The lowest BCUT2D eigenvalue weighted by molar-refractivity contribution is -0.141. The summed E-state index contributed by atoms with van der Waals surface area (Å²) >= 11 is 0. The van der Waals surface area contributed by atoms with Crippen LogP contribution in [0.25, 0.3) is 33.2 Å². The van der Waals surface area contributed by atoms with Gasteiger partial charge < -0.3 is 15.1 Å². The Morgan fingerprint density at radius 1 is 1.16 bits per heavy atom. The number of carbonyl (C=O) groups is 1. The van der Waals surface area contributed by atoms with E-state index in [2.05, 4.69) is 4.57 Å². The van der Waals surface area contributed by atoms with Crippen LogP contribution in [0.1, 0.15) is 30.9 Å². The molecule has 0 radical (unpaired) electrons. The molecule has 0 spiro atoms. The van der Waals surface area contributed by atoms with E-state index >= 15 is 0 Å². The van der Waals surface area contributed by atoms with E-state index in [1.807, 2.05) is 42.6 Å². The maximum atomic E-state index is 13.5. The normalized spacial score (nSPS) is 13.1. The molecule has 2 N–H and O–H groups in total. The van der Waals surface area contributed by atoms with Crippen LogP contribution in [-0.4, -0.2) is 26.8 Å². The van der Waals surface area contributed by atoms with Crippen molar-refractivity contribution in [1.82, 2.24) is 14.3 Å². The summed E-state index contributed by atoms with van der Waals surface area (Å²) in [5, 5.41) is 0.930. The largest absolute Gasteiger partial charge is 0.347 e. The lowest BCUT2D eigenvalue weighted by Crippen LogP contribution is -2.31. The lowest BCUT2D eigenvalue weighted by Gasteiger charge is -2.12. The average molecular weight is 416 g/mol. The van der Waals surface area contributed by atoms with Crippen LogP contribution in [0.4, 0.5) is 0 Å². The van der Waals surface area contributed by atoms with E-state index in [0.29, 0.717) is 17.6 Å². The number of aromatic nitrogens is 3. The van der Waals surface area contributed by atoms with Crippen molar-refractivity contribution >= 4 is 27.9 Å². The van der Waals surface area contributed by atoms with E-state index < -0.39 is 11.5 Å². The van der Waals surface area contributed by atoms with Crippen LogP contribution in [0.3, 0.4) is 0 Å². The third-order valence-electron chi connectivity index (χ3n) is 5.89. The first-order valence-electron chi connectivity index (χ1n) is 10.6. The molecule has 0 saturated heterocycles. The summed E-state index contributed by atoms with van der Waals surface area (Å²) in [4.78, 5) is 35.4. The van der Waals surface area contributed by atoms with Gasteiger partial charge in [-0.2, -0.15) is 0 Å². The van der Waals surface area contributed by atoms with E-state index in [-0.39, 0.29) is 5.69 Å². The Morgan fingerprint density at radius 3 is 2.71 bits per heavy atom. The van der Waals surface area contributed by atoms with Crippen LogP contribution >= 0.6 is 0 Å². The van der Waals surface area contributed by atoms with Crippen molar-refractivity contribution in [3.63, 3.8) is 0 Å².